The van der Waals surface area contributed by atoms with Crippen LogP contribution < -0.4 is 10.6 Å². The Morgan fingerprint density at radius 1 is 1.13 bits per heavy atom. The van der Waals surface area contributed by atoms with E-state index in [0.29, 0.717) is 19.0 Å². The maximum atomic E-state index is 12.6. The zero-order valence-corrected chi connectivity index (χ0v) is 18.1. The number of nitrogens with one attached hydrogen (secondary N) is 2. The Morgan fingerprint density at radius 3 is 2.33 bits per heavy atom. The molecule has 7 heteroatoms. The fraction of sp³-hybridized carbons (Fsp3) is 0.609. The molecule has 0 spiro atoms. The summed E-state index contributed by atoms with van der Waals surface area (Å²) in [7, 11) is 2.07. The van der Waals surface area contributed by atoms with E-state index in [9.17, 15) is 9.59 Å². The number of nitrogens with zero attached hydrogens (tertiary/aromatic N) is 1. The number of hydrogen-bond donors (Lipinski definition) is 3. The molecule has 0 unspecified atom stereocenters. The third-order valence-corrected chi connectivity index (χ3v) is 6.56. The molecule has 1 aromatic carbocycles. The molecule has 1 saturated heterocycles. The Hall–Kier alpha value is -2.41. The van der Waals surface area contributed by atoms with Gasteiger partial charge in [0.25, 0.3) is 6.47 Å². The van der Waals surface area contributed by atoms with Crippen LogP contribution in [0.25, 0.3) is 0 Å². The standard InChI is InChI=1S/C22H33N3O2.CH2O2/c1-17(26)23-15-20-11-10-19(25(20)2)14-21(27)24-16-22(12-6-7-13-22)18-8-4-3-5-9-18;2-1-3/h3-5,8-9,19-20H,6-7,10-16H2,1-2H3,(H,23,26)(H,24,27);1H,(H,2,3)/t19-,20+;/m0./s1. The largest absolute Gasteiger partial charge is 0.483 e. The number of likely N-dealkylation sites (tertiary alicyclic amines) is 1. The van der Waals surface area contributed by atoms with E-state index in [2.05, 4.69) is 52.9 Å². The van der Waals surface area contributed by atoms with Crippen LogP contribution in [0.15, 0.2) is 30.3 Å². The van der Waals surface area contributed by atoms with Gasteiger partial charge in [-0.05, 0) is 38.3 Å². The molecule has 2 amide bonds. The van der Waals surface area contributed by atoms with Gasteiger partial charge < -0.3 is 15.7 Å². The van der Waals surface area contributed by atoms with Crippen molar-refractivity contribution >= 4 is 18.3 Å². The number of carbonyl (C=O) groups is 3. The van der Waals surface area contributed by atoms with Crippen LogP contribution in [0.4, 0.5) is 0 Å². The van der Waals surface area contributed by atoms with Crippen LogP contribution in [0, 0.1) is 0 Å². The average Bonchev–Trinajstić information content (AvgIpc) is 3.35. The molecule has 2 aliphatic rings. The van der Waals surface area contributed by atoms with Crippen molar-refractivity contribution in [2.45, 2.75) is 69.4 Å². The number of hydrogen-bond acceptors (Lipinski definition) is 4. The molecular formula is C23H35N3O4. The van der Waals surface area contributed by atoms with Crippen molar-refractivity contribution in [3.05, 3.63) is 35.9 Å². The molecule has 0 aromatic heterocycles. The van der Waals surface area contributed by atoms with E-state index in [1.54, 1.807) is 6.92 Å². The Balaban J connectivity index is 0.00000101. The summed E-state index contributed by atoms with van der Waals surface area (Å²) in [4.78, 5) is 34.4. The first-order valence-electron chi connectivity index (χ1n) is 10.8. The van der Waals surface area contributed by atoms with Gasteiger partial charge in [-0.25, -0.2) is 0 Å². The predicted molar refractivity (Wildman–Crippen MR) is 116 cm³/mol. The second kappa shape index (κ2) is 11.7. The van der Waals surface area contributed by atoms with E-state index >= 15 is 0 Å². The van der Waals surface area contributed by atoms with E-state index in [1.165, 1.54) is 18.4 Å². The van der Waals surface area contributed by atoms with E-state index in [0.717, 1.165) is 32.2 Å². The number of rotatable bonds is 7. The number of likely N-dealkylation sites (N-methyl/N-ethyl adjacent to an activating group) is 1. The van der Waals surface area contributed by atoms with Crippen LogP contribution in [0.1, 0.15) is 57.4 Å². The second-order valence-corrected chi connectivity index (χ2v) is 8.43. The van der Waals surface area contributed by atoms with Crippen molar-refractivity contribution in [2.24, 2.45) is 0 Å². The van der Waals surface area contributed by atoms with Gasteiger partial charge in [-0.15, -0.1) is 0 Å². The normalized spacial score (nSPS) is 22.6. The lowest BCUT2D eigenvalue weighted by molar-refractivity contribution is -0.123. The van der Waals surface area contributed by atoms with E-state index in [4.69, 9.17) is 9.90 Å². The quantitative estimate of drug-likeness (QED) is 0.592. The van der Waals surface area contributed by atoms with Gasteiger partial charge in [0.1, 0.15) is 0 Å². The van der Waals surface area contributed by atoms with Gasteiger partial charge in [0, 0.05) is 43.9 Å². The second-order valence-electron chi connectivity index (χ2n) is 8.43. The zero-order chi connectivity index (χ0) is 22.0. The predicted octanol–water partition coefficient (Wildman–Crippen LogP) is 2.30. The molecule has 2 atom stereocenters. The highest BCUT2D eigenvalue weighted by atomic mass is 16.3. The van der Waals surface area contributed by atoms with Gasteiger partial charge in [-0.2, -0.15) is 0 Å². The summed E-state index contributed by atoms with van der Waals surface area (Å²) in [5, 5.41) is 13.0. The summed E-state index contributed by atoms with van der Waals surface area (Å²) in [5.74, 6) is 0.154. The Kier molecular flexibility index (Phi) is 9.30. The van der Waals surface area contributed by atoms with Crippen LogP contribution in [0.3, 0.4) is 0 Å². The van der Waals surface area contributed by atoms with Crippen LogP contribution in [-0.2, 0) is 19.8 Å². The topological polar surface area (TPSA) is 98.7 Å². The third-order valence-electron chi connectivity index (χ3n) is 6.56. The summed E-state index contributed by atoms with van der Waals surface area (Å²) in [5.41, 5.74) is 1.46. The lowest BCUT2D eigenvalue weighted by atomic mass is 9.79. The van der Waals surface area contributed by atoms with Gasteiger partial charge in [-0.3, -0.25) is 19.3 Å². The molecule has 166 valence electrons. The number of benzene rings is 1. The molecule has 7 nitrogen and oxygen atoms in total. The lowest BCUT2D eigenvalue weighted by Gasteiger charge is -2.31. The Morgan fingerprint density at radius 2 is 1.73 bits per heavy atom. The summed E-state index contributed by atoms with van der Waals surface area (Å²) < 4.78 is 0. The molecule has 1 aliphatic carbocycles. The minimum absolute atomic E-state index is 0.00682. The Labute approximate surface area is 179 Å². The fourth-order valence-corrected chi connectivity index (χ4v) is 4.81. The molecule has 1 heterocycles. The smallest absolute Gasteiger partial charge is 0.290 e. The first-order chi connectivity index (χ1) is 14.4. The molecular weight excluding hydrogens is 382 g/mol. The fourth-order valence-electron chi connectivity index (χ4n) is 4.81. The van der Waals surface area contributed by atoms with Crippen molar-refractivity contribution in [1.29, 1.82) is 0 Å². The molecule has 1 saturated carbocycles. The molecule has 2 fully saturated rings. The summed E-state index contributed by atoms with van der Waals surface area (Å²) >= 11 is 0. The number of carboxylic acid groups (broad SMARTS) is 1. The van der Waals surface area contributed by atoms with E-state index in [1.807, 2.05) is 0 Å². The van der Waals surface area contributed by atoms with Crippen molar-refractivity contribution in [3.8, 4) is 0 Å². The number of carbonyl (C=O) groups excluding carboxylic acids is 2. The molecule has 1 aliphatic heterocycles. The molecule has 0 bridgehead atoms. The molecule has 3 N–H and O–H groups in total. The van der Waals surface area contributed by atoms with Gasteiger partial charge in [0.15, 0.2) is 0 Å². The third kappa shape index (κ3) is 6.55. The highest BCUT2D eigenvalue weighted by Crippen LogP contribution is 2.40. The van der Waals surface area contributed by atoms with Gasteiger partial charge in [0.2, 0.25) is 11.8 Å². The van der Waals surface area contributed by atoms with Crippen LogP contribution in [-0.4, -0.2) is 60.5 Å². The maximum Gasteiger partial charge on any atom is 0.290 e. The number of amides is 2. The van der Waals surface area contributed by atoms with Crippen molar-refractivity contribution in [2.75, 3.05) is 20.1 Å². The van der Waals surface area contributed by atoms with Gasteiger partial charge in [-0.1, -0.05) is 43.2 Å². The highest BCUT2D eigenvalue weighted by Gasteiger charge is 2.36. The maximum absolute atomic E-state index is 12.6. The van der Waals surface area contributed by atoms with E-state index < -0.39 is 0 Å². The average molecular weight is 418 g/mol. The summed E-state index contributed by atoms with van der Waals surface area (Å²) in [6.45, 7) is 2.70. The SMILES string of the molecule is CC(=O)NC[C@H]1CC[C@@H](CC(=O)NCC2(c3ccccc3)CCCC2)N1C.O=CO. The van der Waals surface area contributed by atoms with Crippen molar-refractivity contribution in [3.63, 3.8) is 0 Å². The summed E-state index contributed by atoms with van der Waals surface area (Å²) in [6.07, 6.45) is 7.36. The minimum atomic E-state index is -0.250. The molecule has 0 radical (unpaired) electrons. The minimum Gasteiger partial charge on any atom is -0.483 e. The van der Waals surface area contributed by atoms with Gasteiger partial charge in [0.05, 0.1) is 0 Å². The van der Waals surface area contributed by atoms with Gasteiger partial charge >= 0.3 is 0 Å². The Bertz CT molecular complexity index is 689. The highest BCUT2D eigenvalue weighted by molar-refractivity contribution is 5.76. The summed E-state index contributed by atoms with van der Waals surface area (Å²) in [6, 6.07) is 11.2. The van der Waals surface area contributed by atoms with Crippen molar-refractivity contribution in [1.82, 2.24) is 15.5 Å². The first-order valence-corrected chi connectivity index (χ1v) is 10.8. The zero-order valence-electron chi connectivity index (χ0n) is 18.1. The first kappa shape index (κ1) is 23.9. The van der Waals surface area contributed by atoms with Crippen LogP contribution in [0.5, 0.6) is 0 Å². The molecule has 3 rings (SSSR count). The van der Waals surface area contributed by atoms with E-state index in [-0.39, 0.29) is 29.7 Å². The molecule has 30 heavy (non-hydrogen) atoms. The molecule has 1 aromatic rings. The van der Waals surface area contributed by atoms with Crippen LogP contribution >= 0.6 is 0 Å². The monoisotopic (exact) mass is 417 g/mol. The van der Waals surface area contributed by atoms with Crippen molar-refractivity contribution < 1.29 is 19.5 Å². The lowest BCUT2D eigenvalue weighted by Crippen LogP contribution is -2.43. The van der Waals surface area contributed by atoms with Crippen LogP contribution in [0.2, 0.25) is 0 Å².